The normalized spacial score (nSPS) is 27.6. The Morgan fingerprint density at radius 2 is 0.825 bits per heavy atom. The monoisotopic (exact) mass is 776 g/mol. The van der Waals surface area contributed by atoms with Gasteiger partial charge in [0.1, 0.15) is 42.7 Å². The molecular formula is C47H52O10. The second-order valence-corrected chi connectivity index (χ2v) is 14.4. The molecule has 0 amide bonds. The Morgan fingerprint density at radius 3 is 1.28 bits per heavy atom. The minimum atomic E-state index is -1.55. The largest absolute Gasteiger partial charge is 0.387 e. The Hall–Kier alpha value is -4.30. The van der Waals surface area contributed by atoms with Crippen LogP contribution in [0.2, 0.25) is 0 Å². The molecule has 0 aromatic heterocycles. The van der Waals surface area contributed by atoms with Gasteiger partial charge in [-0.15, -0.1) is 0 Å². The first-order valence-corrected chi connectivity index (χ1v) is 19.6. The topological polar surface area (TPSA) is 114 Å². The van der Waals surface area contributed by atoms with Crippen molar-refractivity contribution in [2.75, 3.05) is 6.61 Å². The van der Waals surface area contributed by atoms with Crippen LogP contribution in [0.1, 0.15) is 34.7 Å². The van der Waals surface area contributed by atoms with Crippen molar-refractivity contribution in [1.82, 2.24) is 0 Å². The van der Waals surface area contributed by atoms with Gasteiger partial charge >= 0.3 is 0 Å². The highest BCUT2D eigenvalue weighted by Gasteiger charge is 2.52. The molecule has 5 aromatic rings. The zero-order valence-electron chi connectivity index (χ0n) is 32.1. The van der Waals surface area contributed by atoms with E-state index in [0.717, 1.165) is 27.8 Å². The molecule has 0 unspecified atom stereocenters. The number of aliphatic hydroxyl groups is 2. The summed E-state index contributed by atoms with van der Waals surface area (Å²) in [6, 6.07) is 49.0. The third-order valence-electron chi connectivity index (χ3n) is 10.2. The van der Waals surface area contributed by atoms with E-state index in [4.69, 9.17) is 37.9 Å². The maximum absolute atomic E-state index is 12.0. The highest BCUT2D eigenvalue weighted by atomic mass is 16.7. The van der Waals surface area contributed by atoms with Crippen molar-refractivity contribution in [3.8, 4) is 0 Å². The van der Waals surface area contributed by atoms with Crippen molar-refractivity contribution in [1.29, 1.82) is 0 Å². The number of aliphatic hydroxyl groups excluding tert-OH is 2. The zero-order valence-corrected chi connectivity index (χ0v) is 32.1. The van der Waals surface area contributed by atoms with Crippen LogP contribution in [-0.4, -0.2) is 78.2 Å². The molecule has 2 N–H and O–H groups in total. The van der Waals surface area contributed by atoms with Gasteiger partial charge in [-0.05, 0) is 34.7 Å². The third kappa shape index (κ3) is 11.4. The first-order chi connectivity index (χ1) is 28.0. The Bertz CT molecular complexity index is 1850. The molecule has 2 aliphatic heterocycles. The van der Waals surface area contributed by atoms with Crippen LogP contribution in [-0.2, 0) is 70.9 Å². The van der Waals surface area contributed by atoms with E-state index in [1.165, 1.54) is 0 Å². The molecule has 2 saturated heterocycles. The molecule has 2 heterocycles. The summed E-state index contributed by atoms with van der Waals surface area (Å²) in [7, 11) is 0. The fraction of sp³-hybridized carbons (Fsp3) is 0.362. The van der Waals surface area contributed by atoms with Crippen molar-refractivity contribution >= 4 is 0 Å². The molecule has 0 spiro atoms. The van der Waals surface area contributed by atoms with Gasteiger partial charge in [-0.1, -0.05) is 152 Å². The Labute approximate surface area is 334 Å². The third-order valence-corrected chi connectivity index (χ3v) is 10.2. The van der Waals surface area contributed by atoms with Crippen LogP contribution in [0.3, 0.4) is 0 Å². The summed E-state index contributed by atoms with van der Waals surface area (Å²) in [6.45, 7) is 3.29. The molecule has 0 aliphatic carbocycles. The average molecular weight is 777 g/mol. The molecule has 10 heteroatoms. The predicted molar refractivity (Wildman–Crippen MR) is 212 cm³/mol. The Kier molecular flexibility index (Phi) is 15.0. The van der Waals surface area contributed by atoms with Crippen molar-refractivity contribution in [2.24, 2.45) is 0 Å². The van der Waals surface area contributed by atoms with Gasteiger partial charge in [-0.3, -0.25) is 0 Å². The summed E-state index contributed by atoms with van der Waals surface area (Å²) < 4.78 is 51.7. The predicted octanol–water partition coefficient (Wildman–Crippen LogP) is 6.75. The lowest BCUT2D eigenvalue weighted by atomic mass is 9.96. The van der Waals surface area contributed by atoms with Crippen LogP contribution in [0.25, 0.3) is 0 Å². The van der Waals surface area contributed by atoms with E-state index < -0.39 is 61.4 Å². The first-order valence-electron chi connectivity index (χ1n) is 19.6. The van der Waals surface area contributed by atoms with Gasteiger partial charge in [0.2, 0.25) is 0 Å². The molecule has 10 atom stereocenters. The van der Waals surface area contributed by atoms with Gasteiger partial charge in [0.05, 0.1) is 45.7 Å². The number of ether oxygens (including phenoxy) is 8. The molecule has 0 bridgehead atoms. The summed E-state index contributed by atoms with van der Waals surface area (Å²) in [6.07, 6.45) is -9.68. The van der Waals surface area contributed by atoms with E-state index >= 15 is 0 Å². The van der Waals surface area contributed by atoms with Crippen LogP contribution >= 0.6 is 0 Å². The van der Waals surface area contributed by atoms with E-state index in [-0.39, 0.29) is 26.4 Å². The van der Waals surface area contributed by atoms with Crippen LogP contribution in [0, 0.1) is 0 Å². The standard InChI is InChI=1S/C47H52O10/c1-33-41(51-28-35-19-9-3-10-20-35)44(53-30-37-23-13-5-14-24-37)45(54-31-38-25-15-6-16-26-38)47(55-33)57-43-40(48)42(52-29-36-21-11-4-12-22-36)39(56-46(43)49)32-50-27-34-17-7-2-8-18-34/h2-26,33,39-49H,27-32H2,1H3/t33-,39+,40+,41+,42-,43+,44+,45-,46+,47-/m0/s1. The molecular weight excluding hydrogens is 725 g/mol. The molecule has 2 fully saturated rings. The summed E-state index contributed by atoms with van der Waals surface area (Å²) in [5.41, 5.74) is 4.81. The second kappa shape index (κ2) is 20.9. The minimum Gasteiger partial charge on any atom is -0.387 e. The smallest absolute Gasteiger partial charge is 0.187 e. The summed E-state index contributed by atoms with van der Waals surface area (Å²) in [5, 5.41) is 23.6. The second-order valence-electron chi connectivity index (χ2n) is 14.4. The lowest BCUT2D eigenvalue weighted by Crippen LogP contribution is -2.65. The molecule has 5 aromatic carbocycles. The van der Waals surface area contributed by atoms with E-state index in [1.807, 2.05) is 159 Å². The van der Waals surface area contributed by atoms with Crippen LogP contribution in [0.5, 0.6) is 0 Å². The highest BCUT2D eigenvalue weighted by Crippen LogP contribution is 2.34. The van der Waals surface area contributed by atoms with Crippen molar-refractivity contribution < 1.29 is 48.1 Å². The van der Waals surface area contributed by atoms with Crippen molar-refractivity contribution in [3.63, 3.8) is 0 Å². The van der Waals surface area contributed by atoms with Gasteiger partial charge in [-0.25, -0.2) is 0 Å². The maximum Gasteiger partial charge on any atom is 0.187 e. The van der Waals surface area contributed by atoms with Gasteiger partial charge in [0.25, 0.3) is 0 Å². The van der Waals surface area contributed by atoms with Crippen LogP contribution < -0.4 is 0 Å². The van der Waals surface area contributed by atoms with Gasteiger partial charge in [0, 0.05) is 0 Å². The molecule has 0 saturated carbocycles. The van der Waals surface area contributed by atoms with E-state index in [0.29, 0.717) is 13.2 Å². The van der Waals surface area contributed by atoms with Crippen LogP contribution in [0.15, 0.2) is 152 Å². The molecule has 300 valence electrons. The molecule has 10 nitrogen and oxygen atoms in total. The summed E-state index contributed by atoms with van der Waals surface area (Å²) in [5.74, 6) is 0. The van der Waals surface area contributed by atoms with Crippen molar-refractivity contribution in [2.45, 2.75) is 101 Å². The quantitative estimate of drug-likeness (QED) is 0.0991. The van der Waals surface area contributed by atoms with Crippen LogP contribution in [0.4, 0.5) is 0 Å². The minimum absolute atomic E-state index is 0.0603. The fourth-order valence-corrected chi connectivity index (χ4v) is 7.16. The van der Waals surface area contributed by atoms with Gasteiger partial charge in [-0.2, -0.15) is 0 Å². The fourth-order valence-electron chi connectivity index (χ4n) is 7.16. The van der Waals surface area contributed by atoms with E-state index in [2.05, 4.69) is 0 Å². The summed E-state index contributed by atoms with van der Waals surface area (Å²) in [4.78, 5) is 0. The zero-order chi connectivity index (χ0) is 39.2. The number of hydrogen-bond acceptors (Lipinski definition) is 10. The van der Waals surface area contributed by atoms with E-state index in [9.17, 15) is 10.2 Å². The molecule has 0 radical (unpaired) electrons. The molecule has 57 heavy (non-hydrogen) atoms. The molecule has 7 rings (SSSR count). The number of hydrogen-bond donors (Lipinski definition) is 2. The van der Waals surface area contributed by atoms with Crippen molar-refractivity contribution in [3.05, 3.63) is 179 Å². The Balaban J connectivity index is 1.13. The van der Waals surface area contributed by atoms with Gasteiger partial charge < -0.3 is 48.1 Å². The lowest BCUT2D eigenvalue weighted by Gasteiger charge is -2.48. The number of benzene rings is 5. The highest BCUT2D eigenvalue weighted by molar-refractivity contribution is 5.17. The lowest BCUT2D eigenvalue weighted by molar-refractivity contribution is -0.372. The maximum atomic E-state index is 12.0. The SMILES string of the molecule is C[C@@H]1O[C@@H](O[C@@H]2[C@H](O)[C@@H](OCc3ccccc3)[C@@H](COCc3ccccc3)O[C@H]2O)[C@@H](OCc2ccccc2)[C@H](OCc2ccccc2)[C@@H]1OCc1ccccc1. The van der Waals surface area contributed by atoms with E-state index in [1.54, 1.807) is 0 Å². The first kappa shape index (κ1) is 40.9. The number of rotatable bonds is 18. The average Bonchev–Trinajstić information content (AvgIpc) is 3.25. The Morgan fingerprint density at radius 1 is 0.439 bits per heavy atom. The molecule has 2 aliphatic rings. The summed E-state index contributed by atoms with van der Waals surface area (Å²) >= 11 is 0. The van der Waals surface area contributed by atoms with Gasteiger partial charge in [0.15, 0.2) is 12.6 Å².